The van der Waals surface area contributed by atoms with Gasteiger partial charge in [-0.1, -0.05) is 17.8 Å². The fourth-order valence-electron chi connectivity index (χ4n) is 2.88. The minimum Gasteiger partial charge on any atom is -0.357 e. The third-order valence-corrected chi connectivity index (χ3v) is 5.33. The largest absolute Gasteiger partial charge is 0.357 e. The molecule has 0 saturated carbocycles. The van der Waals surface area contributed by atoms with Crippen molar-refractivity contribution in [3.05, 3.63) is 35.1 Å². The molecular weight excluding hydrogens is 374 g/mol. The van der Waals surface area contributed by atoms with E-state index in [0.717, 1.165) is 47.2 Å². The Labute approximate surface area is 149 Å². The third-order valence-electron chi connectivity index (χ3n) is 4.21. The van der Waals surface area contributed by atoms with E-state index in [1.54, 1.807) is 11.8 Å². The lowest BCUT2D eigenvalue weighted by Gasteiger charge is -2.38. The van der Waals surface area contributed by atoms with Crippen LogP contribution in [0.25, 0.3) is 0 Å². The van der Waals surface area contributed by atoms with Gasteiger partial charge >= 0.3 is 0 Å². The van der Waals surface area contributed by atoms with Crippen molar-refractivity contribution >= 4 is 39.3 Å². The molecule has 0 aromatic carbocycles. The van der Waals surface area contributed by atoms with Crippen LogP contribution in [0.15, 0.2) is 40.2 Å². The molecule has 3 rings (SSSR count). The summed E-state index contributed by atoms with van der Waals surface area (Å²) in [5.74, 6) is 2.04. The van der Waals surface area contributed by atoms with E-state index in [9.17, 15) is 0 Å². The lowest BCUT2D eigenvalue weighted by Crippen LogP contribution is -2.44. The zero-order valence-electron chi connectivity index (χ0n) is 13.3. The fourth-order valence-corrected chi connectivity index (χ4v) is 3.65. The maximum absolute atomic E-state index is 4.65. The number of halogens is 1. The van der Waals surface area contributed by atoms with Gasteiger partial charge in [-0.25, -0.2) is 15.0 Å². The van der Waals surface area contributed by atoms with Crippen molar-refractivity contribution in [3.8, 4) is 0 Å². The van der Waals surface area contributed by atoms with Crippen LogP contribution in [-0.2, 0) is 0 Å². The van der Waals surface area contributed by atoms with Gasteiger partial charge < -0.3 is 9.80 Å². The second-order valence-corrected chi connectivity index (χ2v) is 7.17. The maximum atomic E-state index is 4.65. The Bertz CT molecular complexity index is 646. The number of piperidine rings is 1. The molecule has 0 amide bonds. The lowest BCUT2D eigenvalue weighted by molar-refractivity contribution is 0.477. The van der Waals surface area contributed by atoms with Crippen molar-refractivity contribution in [3.63, 3.8) is 0 Å². The molecule has 0 spiro atoms. The highest BCUT2D eigenvalue weighted by Crippen LogP contribution is 2.29. The number of pyridine rings is 1. The average molecular weight is 394 g/mol. The van der Waals surface area contributed by atoms with Crippen LogP contribution in [0.2, 0.25) is 0 Å². The molecule has 122 valence electrons. The van der Waals surface area contributed by atoms with E-state index in [4.69, 9.17) is 0 Å². The first-order chi connectivity index (χ1) is 11.2. The Kier molecular flexibility index (Phi) is 5.38. The van der Waals surface area contributed by atoms with Gasteiger partial charge in [-0.3, -0.25) is 0 Å². The zero-order chi connectivity index (χ0) is 16.2. The van der Waals surface area contributed by atoms with E-state index >= 15 is 0 Å². The van der Waals surface area contributed by atoms with Crippen molar-refractivity contribution in [1.82, 2.24) is 15.0 Å². The van der Waals surface area contributed by atoms with Crippen LogP contribution in [0.5, 0.6) is 0 Å². The summed E-state index contributed by atoms with van der Waals surface area (Å²) in [6.07, 6.45) is 7.89. The minimum absolute atomic E-state index is 0.516. The molecule has 3 heterocycles. The van der Waals surface area contributed by atoms with Gasteiger partial charge in [-0.2, -0.15) is 0 Å². The molecule has 0 bridgehead atoms. The average Bonchev–Trinajstić information content (AvgIpc) is 2.62. The molecule has 0 aliphatic carbocycles. The highest BCUT2D eigenvalue weighted by Gasteiger charge is 2.25. The Morgan fingerprint density at radius 3 is 2.70 bits per heavy atom. The molecular formula is C16H20BrN5S. The summed E-state index contributed by atoms with van der Waals surface area (Å²) in [7, 11) is 2.13. The van der Waals surface area contributed by atoms with Crippen LogP contribution in [-0.4, -0.2) is 47.4 Å². The molecule has 0 unspecified atom stereocenters. The number of nitrogens with zero attached hydrogens (tertiary/aromatic N) is 5. The van der Waals surface area contributed by atoms with Gasteiger partial charge in [0.1, 0.15) is 11.6 Å². The van der Waals surface area contributed by atoms with E-state index in [2.05, 4.69) is 53.8 Å². The highest BCUT2D eigenvalue weighted by atomic mass is 79.9. The van der Waals surface area contributed by atoms with E-state index in [-0.39, 0.29) is 0 Å². The number of anilines is 2. The standard InChI is InChI=1S/C16H20BrN5S/c1-21(14-5-3-4-8-18-14)12-6-9-22(10-7-12)15-13(17)11-19-16(20-15)23-2/h3-5,8,11-12H,6-7,9-10H2,1-2H3. The van der Waals surface area contributed by atoms with Crippen LogP contribution in [0.4, 0.5) is 11.6 Å². The summed E-state index contributed by atoms with van der Waals surface area (Å²) >= 11 is 5.15. The van der Waals surface area contributed by atoms with Crippen molar-refractivity contribution in [2.24, 2.45) is 0 Å². The molecule has 1 aliphatic heterocycles. The normalized spacial score (nSPS) is 15.7. The van der Waals surface area contributed by atoms with Crippen molar-refractivity contribution in [1.29, 1.82) is 0 Å². The molecule has 0 N–H and O–H groups in total. The minimum atomic E-state index is 0.516. The van der Waals surface area contributed by atoms with E-state index < -0.39 is 0 Å². The molecule has 1 saturated heterocycles. The van der Waals surface area contributed by atoms with Gasteiger partial charge in [0.2, 0.25) is 0 Å². The molecule has 1 aliphatic rings. The number of thioether (sulfide) groups is 1. The number of aromatic nitrogens is 3. The number of hydrogen-bond acceptors (Lipinski definition) is 6. The maximum Gasteiger partial charge on any atom is 0.189 e. The van der Waals surface area contributed by atoms with Gasteiger partial charge in [0.15, 0.2) is 5.16 Å². The SMILES string of the molecule is CSc1ncc(Br)c(N2CCC(N(C)c3ccccn3)CC2)n1. The molecule has 1 fully saturated rings. The van der Waals surface area contributed by atoms with E-state index in [1.807, 2.05) is 30.8 Å². The van der Waals surface area contributed by atoms with E-state index in [1.165, 1.54) is 0 Å². The lowest BCUT2D eigenvalue weighted by atomic mass is 10.0. The second kappa shape index (κ2) is 7.49. The topological polar surface area (TPSA) is 45.2 Å². The Morgan fingerprint density at radius 1 is 1.26 bits per heavy atom. The van der Waals surface area contributed by atoms with Gasteiger partial charge in [-0.05, 0) is 47.2 Å². The van der Waals surface area contributed by atoms with Crippen LogP contribution < -0.4 is 9.80 Å². The second-order valence-electron chi connectivity index (χ2n) is 5.55. The molecule has 7 heteroatoms. The first kappa shape index (κ1) is 16.5. The van der Waals surface area contributed by atoms with Gasteiger partial charge in [0.05, 0.1) is 4.47 Å². The molecule has 23 heavy (non-hydrogen) atoms. The van der Waals surface area contributed by atoms with Crippen LogP contribution in [0.1, 0.15) is 12.8 Å². The number of hydrogen-bond donors (Lipinski definition) is 0. The molecule has 0 radical (unpaired) electrons. The number of rotatable bonds is 4. The molecule has 5 nitrogen and oxygen atoms in total. The van der Waals surface area contributed by atoms with Gasteiger partial charge in [-0.15, -0.1) is 0 Å². The van der Waals surface area contributed by atoms with E-state index in [0.29, 0.717) is 6.04 Å². The molecule has 0 atom stereocenters. The summed E-state index contributed by atoms with van der Waals surface area (Å²) in [4.78, 5) is 18.0. The van der Waals surface area contributed by atoms with Crippen molar-refractivity contribution in [2.45, 2.75) is 24.0 Å². The zero-order valence-corrected chi connectivity index (χ0v) is 15.7. The molecule has 2 aromatic heterocycles. The van der Waals surface area contributed by atoms with Crippen LogP contribution >= 0.6 is 27.7 Å². The summed E-state index contributed by atoms with van der Waals surface area (Å²) in [5.41, 5.74) is 0. The fraction of sp³-hybridized carbons (Fsp3) is 0.438. The van der Waals surface area contributed by atoms with Crippen molar-refractivity contribution in [2.75, 3.05) is 36.2 Å². The monoisotopic (exact) mass is 393 g/mol. The highest BCUT2D eigenvalue weighted by molar-refractivity contribution is 9.10. The summed E-state index contributed by atoms with van der Waals surface area (Å²) in [6.45, 7) is 1.98. The quantitative estimate of drug-likeness (QED) is 0.585. The van der Waals surface area contributed by atoms with Crippen LogP contribution in [0, 0.1) is 0 Å². The van der Waals surface area contributed by atoms with Gasteiger partial charge in [0.25, 0.3) is 0 Å². The molecule has 2 aromatic rings. The Morgan fingerprint density at radius 2 is 2.04 bits per heavy atom. The third kappa shape index (κ3) is 3.77. The van der Waals surface area contributed by atoms with Crippen molar-refractivity contribution < 1.29 is 0 Å². The van der Waals surface area contributed by atoms with Crippen LogP contribution in [0.3, 0.4) is 0 Å². The van der Waals surface area contributed by atoms with Gasteiger partial charge in [0, 0.05) is 38.6 Å². The predicted molar refractivity (Wildman–Crippen MR) is 99.4 cm³/mol. The first-order valence-electron chi connectivity index (χ1n) is 7.64. The smallest absolute Gasteiger partial charge is 0.189 e. The first-order valence-corrected chi connectivity index (χ1v) is 9.66. The Hall–Kier alpha value is -1.34. The summed E-state index contributed by atoms with van der Waals surface area (Å²) in [5, 5.41) is 0.816. The summed E-state index contributed by atoms with van der Waals surface area (Å²) < 4.78 is 0.965. The summed E-state index contributed by atoms with van der Waals surface area (Å²) in [6, 6.07) is 6.58. The Balaban J connectivity index is 1.67. The predicted octanol–water partition coefficient (Wildman–Crippen LogP) is 3.46.